The van der Waals surface area contributed by atoms with Crippen LogP contribution in [0.1, 0.15) is 57.7 Å². The number of likely N-dealkylation sites (N-methyl/N-ethyl adjacent to an activating group) is 1. The van der Waals surface area contributed by atoms with E-state index < -0.39 is 0 Å². The monoisotopic (exact) mass is 280 g/mol. The van der Waals surface area contributed by atoms with Crippen LogP contribution < -0.4 is 5.73 Å². The number of aryl methyl sites for hydroxylation is 1. The quantitative estimate of drug-likeness (QED) is 0.817. The van der Waals surface area contributed by atoms with E-state index in [2.05, 4.69) is 32.6 Å². The van der Waals surface area contributed by atoms with E-state index in [1.54, 1.807) is 13.0 Å². The summed E-state index contributed by atoms with van der Waals surface area (Å²) in [6, 6.07) is 5.21. The second-order valence-electron chi connectivity index (χ2n) is 5.47. The molecule has 20 heavy (non-hydrogen) atoms. The summed E-state index contributed by atoms with van der Waals surface area (Å²) in [6.45, 7) is 12.4. The first-order valence-electron chi connectivity index (χ1n) is 7.73. The van der Waals surface area contributed by atoms with Gasteiger partial charge in [-0.1, -0.05) is 39.8 Å². The zero-order chi connectivity index (χ0) is 15.3. The Hall–Kier alpha value is -0.930. The Morgan fingerprint density at radius 2 is 1.70 bits per heavy atom. The fraction of sp³-hybridized carbons (Fsp3) is 0.647. The molecule has 114 valence electrons. The van der Waals surface area contributed by atoms with Crippen LogP contribution in [0.2, 0.25) is 0 Å². The molecule has 2 N–H and O–H groups in total. The van der Waals surface area contributed by atoms with E-state index in [9.17, 15) is 4.39 Å². The highest BCUT2D eigenvalue weighted by Crippen LogP contribution is 2.36. The topological polar surface area (TPSA) is 29.3 Å². The lowest BCUT2D eigenvalue weighted by Crippen LogP contribution is -2.54. The van der Waals surface area contributed by atoms with Gasteiger partial charge in [-0.2, -0.15) is 0 Å². The van der Waals surface area contributed by atoms with E-state index in [0.717, 1.165) is 31.5 Å². The molecule has 3 heteroatoms. The van der Waals surface area contributed by atoms with Crippen LogP contribution in [0.4, 0.5) is 4.39 Å². The van der Waals surface area contributed by atoms with Gasteiger partial charge in [-0.05, 0) is 50.0 Å². The van der Waals surface area contributed by atoms with Gasteiger partial charge in [0.15, 0.2) is 0 Å². The number of nitrogens with two attached hydrogens (primary N) is 1. The molecule has 0 aliphatic heterocycles. The van der Waals surface area contributed by atoms with Gasteiger partial charge in [-0.25, -0.2) is 4.39 Å². The highest BCUT2D eigenvalue weighted by molar-refractivity contribution is 5.28. The van der Waals surface area contributed by atoms with Crippen molar-refractivity contribution in [1.29, 1.82) is 0 Å². The number of nitrogens with zero attached hydrogens (tertiary/aromatic N) is 1. The third-order valence-corrected chi connectivity index (χ3v) is 4.75. The first-order valence-corrected chi connectivity index (χ1v) is 7.73. The average molecular weight is 280 g/mol. The predicted octanol–water partition coefficient (Wildman–Crippen LogP) is 4.03. The first kappa shape index (κ1) is 17.1. The Morgan fingerprint density at radius 3 is 2.10 bits per heavy atom. The van der Waals surface area contributed by atoms with E-state index in [1.165, 1.54) is 0 Å². The minimum absolute atomic E-state index is 0.106. The van der Waals surface area contributed by atoms with Crippen molar-refractivity contribution in [2.24, 2.45) is 5.73 Å². The lowest BCUT2D eigenvalue weighted by molar-refractivity contribution is 0.0624. The Bertz CT molecular complexity index is 423. The molecule has 0 saturated heterocycles. The SMILES string of the molecule is CCN(CC)C(CC)(CC)C(N)c1ccc(C)c(F)c1. The maximum Gasteiger partial charge on any atom is 0.126 e. The smallest absolute Gasteiger partial charge is 0.126 e. The normalized spacial score (nSPS) is 13.8. The first-order chi connectivity index (χ1) is 9.46. The molecule has 1 aromatic rings. The summed E-state index contributed by atoms with van der Waals surface area (Å²) in [5.41, 5.74) is 8.01. The summed E-state index contributed by atoms with van der Waals surface area (Å²) in [5, 5.41) is 0. The van der Waals surface area contributed by atoms with Gasteiger partial charge in [0.1, 0.15) is 5.82 Å². The zero-order valence-corrected chi connectivity index (χ0v) is 13.5. The number of hydrogen-bond acceptors (Lipinski definition) is 2. The van der Waals surface area contributed by atoms with E-state index in [0.29, 0.717) is 5.56 Å². The van der Waals surface area contributed by atoms with Crippen molar-refractivity contribution in [3.8, 4) is 0 Å². The summed E-state index contributed by atoms with van der Waals surface area (Å²) >= 11 is 0. The summed E-state index contributed by atoms with van der Waals surface area (Å²) in [5.74, 6) is -0.168. The molecule has 0 spiro atoms. The number of hydrogen-bond donors (Lipinski definition) is 1. The minimum Gasteiger partial charge on any atom is -0.322 e. The van der Waals surface area contributed by atoms with Crippen molar-refractivity contribution in [1.82, 2.24) is 4.90 Å². The molecule has 1 aromatic carbocycles. The molecule has 0 fully saturated rings. The molecule has 0 saturated carbocycles. The van der Waals surface area contributed by atoms with Gasteiger partial charge in [0.05, 0.1) is 0 Å². The molecule has 0 radical (unpaired) electrons. The minimum atomic E-state index is -0.174. The van der Waals surface area contributed by atoms with E-state index in [-0.39, 0.29) is 17.4 Å². The summed E-state index contributed by atoms with van der Waals surface area (Å²) in [7, 11) is 0. The van der Waals surface area contributed by atoms with Crippen LogP contribution in [0.25, 0.3) is 0 Å². The largest absolute Gasteiger partial charge is 0.322 e. The van der Waals surface area contributed by atoms with Crippen molar-refractivity contribution in [2.45, 2.75) is 59.0 Å². The number of halogens is 1. The summed E-state index contributed by atoms with van der Waals surface area (Å²) in [6.07, 6.45) is 1.92. The molecule has 0 aliphatic rings. The Morgan fingerprint density at radius 1 is 1.15 bits per heavy atom. The van der Waals surface area contributed by atoms with Gasteiger partial charge in [0, 0.05) is 11.6 Å². The predicted molar refractivity (Wildman–Crippen MR) is 84.3 cm³/mol. The van der Waals surface area contributed by atoms with Gasteiger partial charge in [-0.15, -0.1) is 0 Å². The van der Waals surface area contributed by atoms with Crippen molar-refractivity contribution < 1.29 is 4.39 Å². The molecule has 1 unspecified atom stereocenters. The Labute approximate surface area is 123 Å². The second kappa shape index (κ2) is 7.19. The average Bonchev–Trinajstić information content (AvgIpc) is 2.47. The molecule has 0 amide bonds. The third-order valence-electron chi connectivity index (χ3n) is 4.75. The molecular weight excluding hydrogens is 251 g/mol. The highest BCUT2D eigenvalue weighted by atomic mass is 19.1. The van der Waals surface area contributed by atoms with Crippen LogP contribution in [0, 0.1) is 12.7 Å². The lowest BCUT2D eigenvalue weighted by Gasteiger charge is -2.46. The maximum atomic E-state index is 13.8. The zero-order valence-electron chi connectivity index (χ0n) is 13.5. The van der Waals surface area contributed by atoms with E-state index in [1.807, 2.05) is 12.1 Å². The molecule has 0 aromatic heterocycles. The van der Waals surface area contributed by atoms with Gasteiger partial charge in [0.2, 0.25) is 0 Å². The van der Waals surface area contributed by atoms with Gasteiger partial charge in [0.25, 0.3) is 0 Å². The highest BCUT2D eigenvalue weighted by Gasteiger charge is 2.38. The molecule has 0 heterocycles. The summed E-state index contributed by atoms with van der Waals surface area (Å²) < 4.78 is 13.8. The van der Waals surface area contributed by atoms with Crippen molar-refractivity contribution in [3.63, 3.8) is 0 Å². The van der Waals surface area contributed by atoms with Crippen LogP contribution >= 0.6 is 0 Å². The van der Waals surface area contributed by atoms with Crippen LogP contribution in [0.15, 0.2) is 18.2 Å². The van der Waals surface area contributed by atoms with Gasteiger partial charge < -0.3 is 5.73 Å². The lowest BCUT2D eigenvalue weighted by atomic mass is 9.79. The second-order valence-corrected chi connectivity index (χ2v) is 5.47. The molecule has 0 aliphatic carbocycles. The Kier molecular flexibility index (Phi) is 6.15. The fourth-order valence-corrected chi connectivity index (χ4v) is 3.30. The third kappa shape index (κ3) is 3.04. The van der Waals surface area contributed by atoms with Crippen molar-refractivity contribution in [2.75, 3.05) is 13.1 Å². The van der Waals surface area contributed by atoms with Crippen molar-refractivity contribution in [3.05, 3.63) is 35.1 Å². The van der Waals surface area contributed by atoms with E-state index >= 15 is 0 Å². The van der Waals surface area contributed by atoms with E-state index in [4.69, 9.17) is 5.73 Å². The molecule has 0 bridgehead atoms. The van der Waals surface area contributed by atoms with Gasteiger partial charge >= 0.3 is 0 Å². The molecule has 2 nitrogen and oxygen atoms in total. The maximum absolute atomic E-state index is 13.8. The standard InChI is InChI=1S/C17H29FN2/c1-6-17(7-2,20(8-3)9-4)16(19)14-11-10-13(5)15(18)12-14/h10-12,16H,6-9,19H2,1-5H3. The molecular formula is C17H29FN2. The summed E-state index contributed by atoms with van der Waals surface area (Å²) in [4.78, 5) is 2.41. The van der Waals surface area contributed by atoms with Crippen LogP contribution in [0.3, 0.4) is 0 Å². The van der Waals surface area contributed by atoms with Crippen LogP contribution in [-0.2, 0) is 0 Å². The molecule has 1 atom stereocenters. The number of benzene rings is 1. The molecule has 1 rings (SSSR count). The fourth-order valence-electron chi connectivity index (χ4n) is 3.30. The Balaban J connectivity index is 3.22. The van der Waals surface area contributed by atoms with Crippen LogP contribution in [-0.4, -0.2) is 23.5 Å². The van der Waals surface area contributed by atoms with Crippen molar-refractivity contribution >= 4 is 0 Å². The van der Waals surface area contributed by atoms with Crippen LogP contribution in [0.5, 0.6) is 0 Å². The van der Waals surface area contributed by atoms with Gasteiger partial charge in [-0.3, -0.25) is 4.90 Å². The number of rotatable bonds is 7.